The van der Waals surface area contributed by atoms with Crippen LogP contribution >= 0.6 is 0 Å². The molecule has 1 aromatic rings. The molecule has 1 amide bonds. The predicted molar refractivity (Wildman–Crippen MR) is 68.2 cm³/mol. The molecule has 3 heterocycles. The Balaban J connectivity index is 1.65. The summed E-state index contributed by atoms with van der Waals surface area (Å²) in [7, 11) is 0. The van der Waals surface area contributed by atoms with Crippen LogP contribution in [0.3, 0.4) is 0 Å². The Bertz CT molecular complexity index is 421. The number of amides is 1. The minimum Gasteiger partial charge on any atom is -0.338 e. The van der Waals surface area contributed by atoms with Crippen molar-refractivity contribution in [3.8, 4) is 0 Å². The monoisotopic (exact) mass is 264 g/mol. The van der Waals surface area contributed by atoms with Gasteiger partial charge >= 0.3 is 0 Å². The molecule has 2 atom stereocenters. The highest BCUT2D eigenvalue weighted by Crippen LogP contribution is 2.29. The Morgan fingerprint density at radius 3 is 2.74 bits per heavy atom. The maximum atomic E-state index is 12.4. The van der Waals surface area contributed by atoms with Gasteiger partial charge < -0.3 is 10.2 Å². The molecule has 19 heavy (non-hydrogen) atoms. The molecule has 3 rings (SSSR count). The van der Waals surface area contributed by atoms with Crippen molar-refractivity contribution in [2.45, 2.75) is 57.3 Å². The maximum Gasteiger partial charge on any atom is 0.244 e. The van der Waals surface area contributed by atoms with E-state index in [0.717, 1.165) is 19.4 Å². The van der Waals surface area contributed by atoms with E-state index in [1.165, 1.54) is 23.9 Å². The molecule has 2 saturated heterocycles. The van der Waals surface area contributed by atoms with Gasteiger partial charge in [-0.15, -0.1) is 5.10 Å². The summed E-state index contributed by atoms with van der Waals surface area (Å²) in [6.45, 7) is 3.03. The molecule has 1 N–H and O–H groups in total. The van der Waals surface area contributed by atoms with E-state index in [-0.39, 0.29) is 12.5 Å². The van der Waals surface area contributed by atoms with Crippen molar-refractivity contribution in [2.24, 2.45) is 0 Å². The average Bonchev–Trinajstić information content (AvgIpc) is 3.00. The molecule has 2 unspecified atom stereocenters. The number of hydrogen-bond donors (Lipinski definition) is 1. The smallest absolute Gasteiger partial charge is 0.244 e. The number of nitrogens with zero attached hydrogens (tertiary/aromatic N) is 5. The quantitative estimate of drug-likeness (QED) is 0.815. The standard InChI is InChI=1S/C12H20N6O/c1-2-18(12(19)7-17-8-13-15-16-17)11-5-9-3-4-10(6-11)14-9/h8-11,14H,2-7H2,1H3. The summed E-state index contributed by atoms with van der Waals surface area (Å²) < 4.78 is 1.49. The first-order chi connectivity index (χ1) is 9.26. The molecule has 2 fully saturated rings. The number of fused-ring (bicyclic) bond motifs is 2. The third-order valence-corrected chi connectivity index (χ3v) is 4.24. The minimum atomic E-state index is 0.112. The van der Waals surface area contributed by atoms with Gasteiger partial charge in [-0.3, -0.25) is 4.79 Å². The molecule has 2 aliphatic rings. The molecule has 0 aromatic carbocycles. The highest BCUT2D eigenvalue weighted by molar-refractivity contribution is 5.76. The summed E-state index contributed by atoms with van der Waals surface area (Å²) in [5, 5.41) is 14.5. The summed E-state index contributed by atoms with van der Waals surface area (Å²) >= 11 is 0. The second kappa shape index (κ2) is 5.24. The van der Waals surface area contributed by atoms with E-state index < -0.39 is 0 Å². The lowest BCUT2D eigenvalue weighted by Gasteiger charge is -2.37. The van der Waals surface area contributed by atoms with Gasteiger partial charge in [0.2, 0.25) is 5.91 Å². The number of hydrogen-bond acceptors (Lipinski definition) is 5. The van der Waals surface area contributed by atoms with Gasteiger partial charge in [0.1, 0.15) is 12.9 Å². The lowest BCUT2D eigenvalue weighted by atomic mass is 9.98. The number of carbonyl (C=O) groups excluding carboxylic acids is 1. The van der Waals surface area contributed by atoms with E-state index in [1.807, 2.05) is 11.8 Å². The maximum absolute atomic E-state index is 12.4. The van der Waals surface area contributed by atoms with Gasteiger partial charge in [-0.25, -0.2) is 4.68 Å². The number of piperidine rings is 1. The average molecular weight is 264 g/mol. The number of tetrazole rings is 1. The second-order valence-electron chi connectivity index (χ2n) is 5.45. The van der Waals surface area contributed by atoms with Crippen LogP contribution in [0.25, 0.3) is 0 Å². The Kier molecular flexibility index (Phi) is 3.46. The summed E-state index contributed by atoms with van der Waals surface area (Å²) in [6.07, 6.45) is 6.13. The van der Waals surface area contributed by atoms with Crippen molar-refractivity contribution in [2.75, 3.05) is 6.54 Å². The van der Waals surface area contributed by atoms with E-state index in [2.05, 4.69) is 20.8 Å². The van der Waals surface area contributed by atoms with E-state index in [4.69, 9.17) is 0 Å². The molecule has 104 valence electrons. The van der Waals surface area contributed by atoms with Gasteiger partial charge in [0.05, 0.1) is 0 Å². The van der Waals surface area contributed by atoms with Gasteiger partial charge in [-0.05, 0) is 43.0 Å². The van der Waals surface area contributed by atoms with E-state index >= 15 is 0 Å². The lowest BCUT2D eigenvalue weighted by Crippen LogP contribution is -2.50. The van der Waals surface area contributed by atoms with Crippen LogP contribution in [-0.2, 0) is 11.3 Å². The number of aromatic nitrogens is 4. The minimum absolute atomic E-state index is 0.112. The Labute approximate surface area is 112 Å². The summed E-state index contributed by atoms with van der Waals surface area (Å²) in [5.41, 5.74) is 0. The number of rotatable bonds is 4. The molecule has 0 spiro atoms. The zero-order chi connectivity index (χ0) is 13.2. The normalized spacial score (nSPS) is 29.4. The fourth-order valence-corrected chi connectivity index (χ4v) is 3.40. The zero-order valence-corrected chi connectivity index (χ0v) is 11.2. The summed E-state index contributed by atoms with van der Waals surface area (Å²) in [4.78, 5) is 14.4. The molecule has 0 saturated carbocycles. The van der Waals surface area contributed by atoms with Crippen LogP contribution < -0.4 is 5.32 Å². The number of nitrogens with one attached hydrogen (secondary N) is 1. The first kappa shape index (κ1) is 12.5. The van der Waals surface area contributed by atoms with Crippen molar-refractivity contribution >= 4 is 5.91 Å². The molecule has 2 aliphatic heterocycles. The SMILES string of the molecule is CCN(C(=O)Cn1cnnn1)C1CC2CCC(C1)N2. The van der Waals surface area contributed by atoms with Crippen LogP contribution in [0.5, 0.6) is 0 Å². The molecule has 7 nitrogen and oxygen atoms in total. The third kappa shape index (κ3) is 2.60. The van der Waals surface area contributed by atoms with Crippen LogP contribution in [0.1, 0.15) is 32.6 Å². The molecule has 0 aliphatic carbocycles. The fourth-order valence-electron chi connectivity index (χ4n) is 3.40. The van der Waals surface area contributed by atoms with E-state index in [9.17, 15) is 4.79 Å². The lowest BCUT2D eigenvalue weighted by molar-refractivity contribution is -0.135. The molecule has 7 heteroatoms. The van der Waals surface area contributed by atoms with Crippen LogP contribution in [0.4, 0.5) is 0 Å². The van der Waals surface area contributed by atoms with Gasteiger partial charge in [-0.1, -0.05) is 0 Å². The molecule has 1 aromatic heterocycles. The predicted octanol–water partition coefficient (Wildman–Crippen LogP) is -0.195. The largest absolute Gasteiger partial charge is 0.338 e. The molecular weight excluding hydrogens is 244 g/mol. The van der Waals surface area contributed by atoms with Crippen molar-refractivity contribution in [3.63, 3.8) is 0 Å². The van der Waals surface area contributed by atoms with Crippen molar-refractivity contribution in [1.29, 1.82) is 0 Å². The fraction of sp³-hybridized carbons (Fsp3) is 0.833. The molecule has 2 bridgehead atoms. The first-order valence-corrected chi connectivity index (χ1v) is 7.02. The van der Waals surface area contributed by atoms with Gasteiger partial charge in [-0.2, -0.15) is 0 Å². The van der Waals surface area contributed by atoms with E-state index in [0.29, 0.717) is 18.1 Å². The number of likely N-dealkylation sites (N-methyl/N-ethyl adjacent to an activating group) is 1. The zero-order valence-electron chi connectivity index (χ0n) is 11.2. The van der Waals surface area contributed by atoms with Crippen LogP contribution in [0, 0.1) is 0 Å². The second-order valence-corrected chi connectivity index (χ2v) is 5.45. The highest BCUT2D eigenvalue weighted by Gasteiger charge is 2.37. The van der Waals surface area contributed by atoms with Crippen LogP contribution in [-0.4, -0.2) is 55.7 Å². The van der Waals surface area contributed by atoms with Crippen LogP contribution in [0.2, 0.25) is 0 Å². The third-order valence-electron chi connectivity index (χ3n) is 4.24. The number of carbonyl (C=O) groups is 1. The Morgan fingerprint density at radius 1 is 1.42 bits per heavy atom. The van der Waals surface area contributed by atoms with Gasteiger partial charge in [0, 0.05) is 24.7 Å². The summed E-state index contributed by atoms with van der Waals surface area (Å²) in [6, 6.07) is 1.56. The molecule has 0 radical (unpaired) electrons. The van der Waals surface area contributed by atoms with Gasteiger partial charge in [0.15, 0.2) is 0 Å². The van der Waals surface area contributed by atoms with Crippen molar-refractivity contribution < 1.29 is 4.79 Å². The first-order valence-electron chi connectivity index (χ1n) is 7.02. The Hall–Kier alpha value is -1.50. The van der Waals surface area contributed by atoms with Crippen molar-refractivity contribution in [1.82, 2.24) is 30.4 Å². The van der Waals surface area contributed by atoms with E-state index in [1.54, 1.807) is 0 Å². The topological polar surface area (TPSA) is 75.9 Å². The van der Waals surface area contributed by atoms with Crippen molar-refractivity contribution in [3.05, 3.63) is 6.33 Å². The Morgan fingerprint density at radius 2 is 2.16 bits per heavy atom. The summed E-state index contributed by atoms with van der Waals surface area (Å²) in [5.74, 6) is 0.112. The van der Waals surface area contributed by atoms with Crippen LogP contribution in [0.15, 0.2) is 6.33 Å². The van der Waals surface area contributed by atoms with Gasteiger partial charge in [0.25, 0.3) is 0 Å². The highest BCUT2D eigenvalue weighted by atomic mass is 16.2. The molecular formula is C12H20N6O.